The van der Waals surface area contributed by atoms with E-state index in [-0.39, 0.29) is 17.3 Å². The first-order chi connectivity index (χ1) is 7.54. The molecule has 2 aromatic heterocycles. The molecule has 16 heavy (non-hydrogen) atoms. The zero-order valence-electron chi connectivity index (χ0n) is 9.60. The van der Waals surface area contributed by atoms with Crippen LogP contribution in [0.2, 0.25) is 0 Å². The third kappa shape index (κ3) is 1.38. The monoisotopic (exact) mass is 218 g/mol. The zero-order chi connectivity index (χ0) is 11.9. The Bertz CT molecular complexity index is 650. The minimum Gasteiger partial charge on any atom is -0.269 e. The summed E-state index contributed by atoms with van der Waals surface area (Å²) in [5.41, 5.74) is 0.802. The molecule has 4 nitrogen and oxygen atoms in total. The summed E-state index contributed by atoms with van der Waals surface area (Å²) in [5, 5.41) is 0. The number of rotatable bonds is 1. The Hall–Kier alpha value is -1.84. The number of hydrogen-bond donors (Lipinski definition) is 0. The summed E-state index contributed by atoms with van der Waals surface area (Å²) >= 11 is 0. The highest BCUT2D eigenvalue weighted by atomic mass is 16.2. The Balaban J connectivity index is 3.07. The van der Waals surface area contributed by atoms with Gasteiger partial charge >= 0.3 is 5.69 Å². The lowest BCUT2D eigenvalue weighted by Gasteiger charge is -2.12. The van der Waals surface area contributed by atoms with Crippen LogP contribution in [0.15, 0.2) is 34.0 Å². The summed E-state index contributed by atoms with van der Waals surface area (Å²) in [7, 11) is 0. The van der Waals surface area contributed by atoms with Crippen molar-refractivity contribution in [3.8, 4) is 0 Å². The van der Waals surface area contributed by atoms with Gasteiger partial charge < -0.3 is 0 Å². The number of aromatic nitrogens is 2. The lowest BCUT2D eigenvalue weighted by Crippen LogP contribution is -2.39. The van der Waals surface area contributed by atoms with Crippen molar-refractivity contribution in [1.29, 1.82) is 0 Å². The Labute approximate surface area is 92.8 Å². The second-order valence-electron chi connectivity index (χ2n) is 4.13. The molecule has 0 aliphatic rings. The van der Waals surface area contributed by atoms with Crippen LogP contribution >= 0.6 is 0 Å². The highest BCUT2D eigenvalue weighted by molar-refractivity contribution is 5.52. The molecule has 0 atom stereocenters. The average Bonchev–Trinajstić information content (AvgIpc) is 2.26. The number of aryl methyl sites for hydroxylation is 1. The first-order valence-electron chi connectivity index (χ1n) is 5.26. The van der Waals surface area contributed by atoms with E-state index < -0.39 is 0 Å². The number of pyridine rings is 1. The van der Waals surface area contributed by atoms with Gasteiger partial charge in [-0.25, -0.2) is 4.79 Å². The molecule has 2 aromatic rings. The molecule has 4 heteroatoms. The van der Waals surface area contributed by atoms with E-state index in [1.807, 2.05) is 19.9 Å². The van der Waals surface area contributed by atoms with E-state index in [1.165, 1.54) is 8.97 Å². The van der Waals surface area contributed by atoms with Gasteiger partial charge in [0, 0.05) is 17.8 Å². The van der Waals surface area contributed by atoms with E-state index in [4.69, 9.17) is 0 Å². The second-order valence-corrected chi connectivity index (χ2v) is 4.13. The normalized spacial score (nSPS) is 11.2. The molecule has 0 saturated carbocycles. The maximum Gasteiger partial charge on any atom is 0.335 e. The smallest absolute Gasteiger partial charge is 0.269 e. The maximum absolute atomic E-state index is 12.1. The molecule has 0 aromatic carbocycles. The van der Waals surface area contributed by atoms with Gasteiger partial charge in [-0.3, -0.25) is 13.8 Å². The molecule has 0 spiro atoms. The third-order valence-electron chi connectivity index (χ3n) is 2.71. The summed E-state index contributed by atoms with van der Waals surface area (Å²) in [6.07, 6.45) is 1.68. The molecule has 0 fully saturated rings. The van der Waals surface area contributed by atoms with E-state index in [2.05, 4.69) is 0 Å². The second kappa shape index (κ2) is 3.63. The van der Waals surface area contributed by atoms with Gasteiger partial charge in [-0.1, -0.05) is 6.07 Å². The van der Waals surface area contributed by atoms with Crippen LogP contribution in [-0.2, 0) is 0 Å². The van der Waals surface area contributed by atoms with Crippen molar-refractivity contribution in [2.24, 2.45) is 0 Å². The van der Waals surface area contributed by atoms with Crippen LogP contribution in [0.25, 0.3) is 5.52 Å². The lowest BCUT2D eigenvalue weighted by molar-refractivity contribution is 0.538. The lowest BCUT2D eigenvalue weighted by atomic mass is 10.2. The van der Waals surface area contributed by atoms with Crippen molar-refractivity contribution in [2.75, 3.05) is 0 Å². The molecule has 0 saturated heterocycles. The van der Waals surface area contributed by atoms with Gasteiger partial charge in [-0.05, 0) is 32.9 Å². The van der Waals surface area contributed by atoms with Crippen molar-refractivity contribution >= 4 is 5.52 Å². The molecule has 0 bridgehead atoms. The Morgan fingerprint density at radius 3 is 2.50 bits per heavy atom. The molecule has 0 amide bonds. The first-order valence-corrected chi connectivity index (χ1v) is 5.26. The largest absolute Gasteiger partial charge is 0.335 e. The summed E-state index contributed by atoms with van der Waals surface area (Å²) in [6, 6.07) is 5.25. The third-order valence-corrected chi connectivity index (χ3v) is 2.71. The predicted octanol–water partition coefficient (Wildman–Crippen LogP) is 1.35. The fraction of sp³-hybridized carbons (Fsp3) is 0.333. The van der Waals surface area contributed by atoms with Crippen molar-refractivity contribution < 1.29 is 0 Å². The zero-order valence-corrected chi connectivity index (χ0v) is 9.60. The van der Waals surface area contributed by atoms with E-state index >= 15 is 0 Å². The van der Waals surface area contributed by atoms with Crippen molar-refractivity contribution in [2.45, 2.75) is 26.8 Å². The van der Waals surface area contributed by atoms with Gasteiger partial charge in [-0.15, -0.1) is 0 Å². The SMILES string of the molecule is Cc1c(=O)n(C(C)C)c(=O)n2ccccc12. The van der Waals surface area contributed by atoms with Crippen LogP contribution in [0, 0.1) is 6.92 Å². The van der Waals surface area contributed by atoms with Crippen LogP contribution in [0.4, 0.5) is 0 Å². The molecule has 0 aliphatic carbocycles. The molecule has 2 heterocycles. The predicted molar refractivity (Wildman–Crippen MR) is 63.0 cm³/mol. The average molecular weight is 218 g/mol. The van der Waals surface area contributed by atoms with Gasteiger partial charge in [0.2, 0.25) is 0 Å². The summed E-state index contributed by atoms with van der Waals surface area (Å²) in [5.74, 6) is 0. The van der Waals surface area contributed by atoms with Crippen LogP contribution in [-0.4, -0.2) is 8.97 Å². The molecule has 0 N–H and O–H groups in total. The molecule has 0 aliphatic heterocycles. The Morgan fingerprint density at radius 1 is 1.19 bits per heavy atom. The molecular weight excluding hydrogens is 204 g/mol. The summed E-state index contributed by atoms with van der Waals surface area (Å²) in [4.78, 5) is 24.1. The maximum atomic E-state index is 12.1. The summed E-state index contributed by atoms with van der Waals surface area (Å²) < 4.78 is 2.79. The standard InChI is InChI=1S/C12H14N2O2/c1-8(2)14-11(15)9(3)10-6-4-5-7-13(10)12(14)16/h4-8H,1-3H3. The Morgan fingerprint density at radius 2 is 1.88 bits per heavy atom. The van der Waals surface area contributed by atoms with Crippen LogP contribution < -0.4 is 11.2 Å². The van der Waals surface area contributed by atoms with E-state index in [0.717, 1.165) is 0 Å². The van der Waals surface area contributed by atoms with Crippen molar-refractivity contribution in [3.05, 3.63) is 50.8 Å². The van der Waals surface area contributed by atoms with Gasteiger partial charge in [0.25, 0.3) is 5.56 Å². The van der Waals surface area contributed by atoms with Crippen molar-refractivity contribution in [3.63, 3.8) is 0 Å². The van der Waals surface area contributed by atoms with E-state index in [1.54, 1.807) is 25.3 Å². The van der Waals surface area contributed by atoms with E-state index in [9.17, 15) is 9.59 Å². The topological polar surface area (TPSA) is 43.5 Å². The number of fused-ring (bicyclic) bond motifs is 1. The molecule has 0 unspecified atom stereocenters. The molecule has 0 radical (unpaired) electrons. The fourth-order valence-electron chi connectivity index (χ4n) is 1.86. The van der Waals surface area contributed by atoms with Crippen molar-refractivity contribution in [1.82, 2.24) is 8.97 Å². The van der Waals surface area contributed by atoms with Crippen LogP contribution in [0.1, 0.15) is 25.5 Å². The Kier molecular flexibility index (Phi) is 2.42. The van der Waals surface area contributed by atoms with E-state index in [0.29, 0.717) is 11.1 Å². The first kappa shape index (κ1) is 10.7. The number of hydrogen-bond acceptors (Lipinski definition) is 2. The highest BCUT2D eigenvalue weighted by Gasteiger charge is 2.12. The quantitative estimate of drug-likeness (QED) is 0.725. The minimum absolute atomic E-state index is 0.129. The molecular formula is C12H14N2O2. The highest BCUT2D eigenvalue weighted by Crippen LogP contribution is 2.04. The summed E-state index contributed by atoms with van der Waals surface area (Å²) in [6.45, 7) is 5.41. The number of nitrogens with zero attached hydrogens (tertiary/aromatic N) is 2. The fourth-order valence-corrected chi connectivity index (χ4v) is 1.86. The molecule has 2 rings (SSSR count). The minimum atomic E-state index is -0.277. The van der Waals surface area contributed by atoms with Gasteiger partial charge in [0.05, 0.1) is 5.52 Å². The van der Waals surface area contributed by atoms with Crippen LogP contribution in [0.5, 0.6) is 0 Å². The van der Waals surface area contributed by atoms with Gasteiger partial charge in [0.1, 0.15) is 0 Å². The van der Waals surface area contributed by atoms with Gasteiger partial charge in [0.15, 0.2) is 0 Å². The van der Waals surface area contributed by atoms with Crippen LogP contribution in [0.3, 0.4) is 0 Å². The molecule has 84 valence electrons. The van der Waals surface area contributed by atoms with Gasteiger partial charge in [-0.2, -0.15) is 0 Å².